The molecule has 3 N–H and O–H groups in total. The Balaban J connectivity index is 2.26. The number of pyridine rings is 1. The third-order valence-corrected chi connectivity index (χ3v) is 2.84. The largest absolute Gasteiger partial charge is 0.409 e. The molecule has 88 valence electrons. The lowest BCUT2D eigenvalue weighted by atomic mass is 10.3. The average Bonchev–Trinajstić information content (AvgIpc) is 2.74. The first-order valence-corrected chi connectivity index (χ1v) is 5.37. The smallest absolute Gasteiger partial charge is 0.215 e. The predicted octanol–water partition coefficient (Wildman–Crippen LogP) is -0.149. The second-order valence-electron chi connectivity index (χ2n) is 3.03. The summed E-state index contributed by atoms with van der Waals surface area (Å²) in [5.41, 5.74) is 5.85. The van der Waals surface area contributed by atoms with Crippen LogP contribution < -0.4 is 5.73 Å². The third-order valence-electron chi connectivity index (χ3n) is 1.87. The van der Waals surface area contributed by atoms with E-state index in [0.717, 1.165) is 0 Å². The predicted molar refractivity (Wildman–Crippen MR) is 59.7 cm³/mol. The van der Waals surface area contributed by atoms with Crippen LogP contribution in [0.5, 0.6) is 0 Å². The fourth-order valence-electron chi connectivity index (χ4n) is 1.07. The van der Waals surface area contributed by atoms with Gasteiger partial charge in [-0.1, -0.05) is 11.2 Å². The number of hydrogen-bond donors (Lipinski definition) is 2. The zero-order valence-corrected chi connectivity index (χ0v) is 9.66. The van der Waals surface area contributed by atoms with E-state index in [2.05, 4.69) is 25.7 Å². The second-order valence-corrected chi connectivity index (χ2v) is 4.02. The number of oxime groups is 1. The van der Waals surface area contributed by atoms with Crippen molar-refractivity contribution in [3.05, 3.63) is 23.9 Å². The van der Waals surface area contributed by atoms with Crippen molar-refractivity contribution in [2.75, 3.05) is 0 Å². The van der Waals surface area contributed by atoms with Gasteiger partial charge in [0.2, 0.25) is 5.16 Å². The number of hydrogen-bond acceptors (Lipinski definition) is 7. The van der Waals surface area contributed by atoms with Crippen LogP contribution in [0, 0.1) is 0 Å². The Morgan fingerprint density at radius 3 is 3.00 bits per heavy atom. The van der Waals surface area contributed by atoms with Crippen molar-refractivity contribution in [2.45, 2.75) is 10.2 Å². The molecule has 2 aromatic rings. The van der Waals surface area contributed by atoms with E-state index < -0.39 is 0 Å². The zero-order valence-electron chi connectivity index (χ0n) is 8.85. The van der Waals surface area contributed by atoms with Crippen LogP contribution in [0.1, 0.15) is 5.69 Å². The molecule has 0 spiro atoms. The van der Waals surface area contributed by atoms with Crippen LogP contribution in [0.15, 0.2) is 33.5 Å². The number of amidine groups is 1. The van der Waals surface area contributed by atoms with E-state index in [1.807, 2.05) is 0 Å². The van der Waals surface area contributed by atoms with Crippen LogP contribution in [0.25, 0.3) is 0 Å². The molecule has 9 heteroatoms. The van der Waals surface area contributed by atoms with Crippen LogP contribution in [0.4, 0.5) is 0 Å². The molecule has 0 fully saturated rings. The SMILES string of the molecule is Cn1nnnc1Sc1cccc(C(N)=NO)n1. The monoisotopic (exact) mass is 251 g/mol. The Bertz CT molecular complexity index is 552. The average molecular weight is 251 g/mol. The maximum Gasteiger partial charge on any atom is 0.215 e. The molecule has 0 aromatic carbocycles. The van der Waals surface area contributed by atoms with Crippen molar-refractivity contribution in [3.8, 4) is 0 Å². The van der Waals surface area contributed by atoms with Crippen molar-refractivity contribution in [2.24, 2.45) is 17.9 Å². The Labute approximate surface area is 101 Å². The molecule has 0 aliphatic carbocycles. The van der Waals surface area contributed by atoms with E-state index >= 15 is 0 Å². The minimum Gasteiger partial charge on any atom is -0.409 e. The number of rotatable bonds is 3. The van der Waals surface area contributed by atoms with E-state index in [0.29, 0.717) is 15.9 Å². The van der Waals surface area contributed by atoms with Crippen molar-refractivity contribution in [1.29, 1.82) is 0 Å². The van der Waals surface area contributed by atoms with Gasteiger partial charge in [0.15, 0.2) is 5.84 Å². The summed E-state index contributed by atoms with van der Waals surface area (Å²) in [5, 5.41) is 23.8. The second kappa shape index (κ2) is 4.78. The van der Waals surface area contributed by atoms with E-state index in [1.54, 1.807) is 25.2 Å². The van der Waals surface area contributed by atoms with Gasteiger partial charge in [-0.3, -0.25) is 0 Å². The molecule has 8 nitrogen and oxygen atoms in total. The van der Waals surface area contributed by atoms with E-state index in [-0.39, 0.29) is 5.84 Å². The molecule has 0 radical (unpaired) electrons. The molecule has 0 aliphatic heterocycles. The highest BCUT2D eigenvalue weighted by Gasteiger charge is 2.08. The van der Waals surface area contributed by atoms with Gasteiger partial charge in [-0.25, -0.2) is 9.67 Å². The van der Waals surface area contributed by atoms with E-state index in [9.17, 15) is 0 Å². The summed E-state index contributed by atoms with van der Waals surface area (Å²) >= 11 is 1.29. The number of nitrogens with two attached hydrogens (primary N) is 1. The molecule has 17 heavy (non-hydrogen) atoms. The van der Waals surface area contributed by atoms with Crippen LogP contribution in [-0.4, -0.2) is 36.2 Å². The van der Waals surface area contributed by atoms with E-state index in [1.165, 1.54) is 16.4 Å². The Morgan fingerprint density at radius 1 is 1.53 bits per heavy atom. The molecule has 2 heterocycles. The fourth-order valence-corrected chi connectivity index (χ4v) is 1.79. The number of aryl methyl sites for hydroxylation is 1. The highest BCUT2D eigenvalue weighted by atomic mass is 32.2. The lowest BCUT2D eigenvalue weighted by Gasteiger charge is -2.01. The van der Waals surface area contributed by atoms with E-state index in [4.69, 9.17) is 10.9 Å². The van der Waals surface area contributed by atoms with Gasteiger partial charge in [0.1, 0.15) is 10.7 Å². The summed E-state index contributed by atoms with van der Waals surface area (Å²) in [6.07, 6.45) is 0. The number of tetrazole rings is 1. The summed E-state index contributed by atoms with van der Waals surface area (Å²) in [6, 6.07) is 5.19. The Kier molecular flexibility index (Phi) is 3.19. The maximum absolute atomic E-state index is 8.56. The first kappa shape index (κ1) is 11.3. The minimum absolute atomic E-state index is 0.0384. The summed E-state index contributed by atoms with van der Waals surface area (Å²) in [6.45, 7) is 0. The first-order chi connectivity index (χ1) is 8.20. The quantitative estimate of drug-likeness (QED) is 0.337. The molecule has 0 saturated heterocycles. The van der Waals surface area contributed by atoms with Gasteiger partial charge in [-0.2, -0.15) is 0 Å². The molecule has 0 unspecified atom stereocenters. The number of aromatic nitrogens is 5. The molecule has 0 bridgehead atoms. The van der Waals surface area contributed by atoms with Gasteiger partial charge in [0.05, 0.1) is 0 Å². The van der Waals surface area contributed by atoms with Gasteiger partial charge in [0, 0.05) is 7.05 Å². The van der Waals surface area contributed by atoms with Gasteiger partial charge in [-0.05, 0) is 34.3 Å². The molecule has 0 amide bonds. The number of nitrogens with zero attached hydrogens (tertiary/aromatic N) is 6. The maximum atomic E-state index is 8.56. The van der Waals surface area contributed by atoms with Crippen LogP contribution in [0.3, 0.4) is 0 Å². The molecule has 2 aromatic heterocycles. The van der Waals surface area contributed by atoms with Crippen molar-refractivity contribution >= 4 is 17.6 Å². The van der Waals surface area contributed by atoms with Crippen molar-refractivity contribution < 1.29 is 5.21 Å². The lowest BCUT2D eigenvalue weighted by molar-refractivity contribution is 0.318. The standard InChI is InChI=1S/C8H9N7OS/c1-15-8(11-13-14-15)17-6-4-2-3-5(10-6)7(9)12-16/h2-4,16H,1H3,(H2,9,12). The van der Waals surface area contributed by atoms with Crippen LogP contribution in [0.2, 0.25) is 0 Å². The third kappa shape index (κ3) is 2.50. The Hall–Kier alpha value is -2.16. The van der Waals surface area contributed by atoms with Crippen LogP contribution >= 0.6 is 11.8 Å². The summed E-state index contributed by atoms with van der Waals surface area (Å²) in [7, 11) is 1.73. The van der Waals surface area contributed by atoms with Crippen molar-refractivity contribution in [1.82, 2.24) is 25.2 Å². The summed E-state index contributed by atoms with van der Waals surface area (Å²) < 4.78 is 1.53. The molecule has 0 atom stereocenters. The van der Waals surface area contributed by atoms with Gasteiger partial charge < -0.3 is 10.9 Å². The first-order valence-electron chi connectivity index (χ1n) is 4.56. The van der Waals surface area contributed by atoms with Crippen LogP contribution in [-0.2, 0) is 7.05 Å². The van der Waals surface area contributed by atoms with Gasteiger partial charge in [0.25, 0.3) is 0 Å². The summed E-state index contributed by atoms with van der Waals surface area (Å²) in [4.78, 5) is 4.20. The van der Waals surface area contributed by atoms with Gasteiger partial charge >= 0.3 is 0 Å². The minimum atomic E-state index is -0.0384. The molecule has 2 rings (SSSR count). The fraction of sp³-hybridized carbons (Fsp3) is 0.125. The van der Waals surface area contributed by atoms with Gasteiger partial charge in [-0.15, -0.1) is 5.10 Å². The zero-order chi connectivity index (χ0) is 12.3. The summed E-state index contributed by atoms with van der Waals surface area (Å²) in [5.74, 6) is -0.0384. The van der Waals surface area contributed by atoms with Crippen molar-refractivity contribution in [3.63, 3.8) is 0 Å². The topological polar surface area (TPSA) is 115 Å². The normalized spacial score (nSPS) is 11.7. The highest BCUT2D eigenvalue weighted by molar-refractivity contribution is 7.99. The highest BCUT2D eigenvalue weighted by Crippen LogP contribution is 2.22. The molecule has 0 saturated carbocycles. The lowest BCUT2D eigenvalue weighted by Crippen LogP contribution is -2.14. The molecular weight excluding hydrogens is 242 g/mol. The molecule has 0 aliphatic rings. The Morgan fingerprint density at radius 2 is 2.35 bits per heavy atom. The molecular formula is C8H9N7OS.